The van der Waals surface area contributed by atoms with Crippen LogP contribution in [0.4, 0.5) is 0 Å². The summed E-state index contributed by atoms with van der Waals surface area (Å²) in [5, 5.41) is 14.6. The lowest BCUT2D eigenvalue weighted by molar-refractivity contribution is -0.118. The first-order valence-corrected chi connectivity index (χ1v) is 6.33. The van der Waals surface area contributed by atoms with Crippen molar-refractivity contribution in [1.82, 2.24) is 5.32 Å². The molecule has 0 aliphatic carbocycles. The van der Waals surface area contributed by atoms with Crippen LogP contribution in [0.3, 0.4) is 0 Å². The van der Waals surface area contributed by atoms with E-state index in [-0.39, 0.29) is 11.7 Å². The Hall–Kier alpha value is -2.28. The van der Waals surface area contributed by atoms with E-state index in [2.05, 4.69) is 10.5 Å². The van der Waals surface area contributed by atoms with Gasteiger partial charge in [-0.2, -0.15) is 0 Å². The number of carbonyl (C=O) groups excluding carboxylic acids is 1. The molecule has 0 aliphatic rings. The van der Waals surface area contributed by atoms with Crippen molar-refractivity contribution in [2.75, 3.05) is 19.7 Å². The smallest absolute Gasteiger partial charge is 0.217 e. The highest BCUT2D eigenvalue weighted by molar-refractivity contribution is 5.97. The monoisotopic (exact) mass is 280 g/mol. The zero-order valence-corrected chi connectivity index (χ0v) is 11.2. The number of hydrogen-bond acceptors (Lipinski definition) is 5. The number of nitrogens with one attached hydrogen (secondary N) is 1. The summed E-state index contributed by atoms with van der Waals surface area (Å²) in [6, 6.07) is 6.93. The molecule has 1 aromatic rings. The van der Waals surface area contributed by atoms with Gasteiger partial charge in [-0.1, -0.05) is 5.16 Å². The van der Waals surface area contributed by atoms with Gasteiger partial charge in [0.05, 0.1) is 0 Å². The second-order valence-corrected chi connectivity index (χ2v) is 4.18. The van der Waals surface area contributed by atoms with Crippen LogP contribution in [-0.4, -0.2) is 36.6 Å². The minimum Gasteiger partial charge on any atom is -0.492 e. The fraction of sp³-hybridized carbons (Fsp3) is 0.385. The van der Waals surface area contributed by atoms with Crippen molar-refractivity contribution in [3.63, 3.8) is 0 Å². The molecule has 0 radical (unpaired) electrons. The Morgan fingerprint density at radius 3 is 2.55 bits per heavy atom. The van der Waals surface area contributed by atoms with Crippen LogP contribution in [0.5, 0.6) is 5.75 Å². The lowest BCUT2D eigenvalue weighted by Crippen LogP contribution is -2.23. The highest BCUT2D eigenvalue weighted by Gasteiger charge is 1.99. The third-order valence-corrected chi connectivity index (χ3v) is 2.58. The number of amidine groups is 1. The van der Waals surface area contributed by atoms with Gasteiger partial charge in [0.25, 0.3) is 0 Å². The van der Waals surface area contributed by atoms with Gasteiger partial charge in [-0.25, -0.2) is 0 Å². The maximum Gasteiger partial charge on any atom is 0.217 e. The summed E-state index contributed by atoms with van der Waals surface area (Å²) in [7, 11) is 0. The lowest BCUT2D eigenvalue weighted by atomic mass is 10.2. The fourth-order valence-electron chi connectivity index (χ4n) is 1.53. The summed E-state index contributed by atoms with van der Waals surface area (Å²) in [6.45, 7) is 1.93. The van der Waals surface area contributed by atoms with E-state index in [9.17, 15) is 4.79 Å². The Balaban J connectivity index is 2.18. The molecule has 0 aliphatic heterocycles. The molecular formula is C13H20N4O3. The van der Waals surface area contributed by atoms with Crippen molar-refractivity contribution in [2.45, 2.75) is 12.8 Å². The van der Waals surface area contributed by atoms with E-state index >= 15 is 0 Å². The van der Waals surface area contributed by atoms with E-state index in [0.29, 0.717) is 30.9 Å². The maximum atomic E-state index is 10.5. The minimum absolute atomic E-state index is 0.0627. The summed E-state index contributed by atoms with van der Waals surface area (Å²) < 4.78 is 5.50. The number of benzene rings is 1. The predicted molar refractivity (Wildman–Crippen MR) is 75.7 cm³/mol. The van der Waals surface area contributed by atoms with E-state index in [4.69, 9.17) is 21.4 Å². The Kier molecular flexibility index (Phi) is 6.91. The molecule has 110 valence electrons. The lowest BCUT2D eigenvalue weighted by Gasteiger charge is -2.08. The van der Waals surface area contributed by atoms with Gasteiger partial charge in [0, 0.05) is 18.5 Å². The van der Waals surface area contributed by atoms with Crippen LogP contribution in [0.25, 0.3) is 0 Å². The van der Waals surface area contributed by atoms with Gasteiger partial charge in [0.2, 0.25) is 5.91 Å². The third kappa shape index (κ3) is 6.05. The number of rotatable bonds is 9. The van der Waals surface area contributed by atoms with Crippen LogP contribution in [0.1, 0.15) is 18.4 Å². The van der Waals surface area contributed by atoms with E-state index in [1.54, 1.807) is 24.3 Å². The van der Waals surface area contributed by atoms with Crippen molar-refractivity contribution < 1.29 is 14.7 Å². The Morgan fingerprint density at radius 1 is 1.25 bits per heavy atom. The highest BCUT2D eigenvalue weighted by atomic mass is 16.5. The molecule has 1 rings (SSSR count). The number of nitrogens with zero attached hydrogens (tertiary/aromatic N) is 1. The van der Waals surface area contributed by atoms with Gasteiger partial charge >= 0.3 is 0 Å². The maximum absolute atomic E-state index is 10.5. The first-order chi connectivity index (χ1) is 9.63. The number of carbonyl (C=O) groups is 1. The quantitative estimate of drug-likeness (QED) is 0.167. The van der Waals surface area contributed by atoms with E-state index in [1.807, 2.05) is 0 Å². The van der Waals surface area contributed by atoms with Crippen molar-refractivity contribution in [3.8, 4) is 5.75 Å². The average Bonchev–Trinajstić information content (AvgIpc) is 2.45. The molecule has 0 atom stereocenters. The third-order valence-electron chi connectivity index (χ3n) is 2.58. The Bertz CT molecular complexity index is 445. The molecule has 1 aromatic carbocycles. The molecule has 0 saturated heterocycles. The second-order valence-electron chi connectivity index (χ2n) is 4.18. The fourth-order valence-corrected chi connectivity index (χ4v) is 1.53. The largest absolute Gasteiger partial charge is 0.492 e. The standard InChI is InChI=1S/C13H20N4O3/c14-12(18)2-1-7-16-8-9-20-11-5-3-10(4-6-11)13(15)17-19/h3-6,16,19H,1-2,7-9H2,(H2,14,18)(H2,15,17). The topological polar surface area (TPSA) is 123 Å². The summed E-state index contributed by atoms with van der Waals surface area (Å²) >= 11 is 0. The molecule has 0 heterocycles. The van der Waals surface area contributed by atoms with Crippen LogP contribution in [-0.2, 0) is 4.79 Å². The predicted octanol–water partition coefficient (Wildman–Crippen LogP) is 0.0150. The van der Waals surface area contributed by atoms with Crippen molar-refractivity contribution >= 4 is 11.7 Å². The molecule has 0 saturated carbocycles. The Morgan fingerprint density at radius 2 is 1.95 bits per heavy atom. The SMILES string of the molecule is NC(=O)CCCNCCOc1ccc(C(N)=NO)cc1. The van der Waals surface area contributed by atoms with Gasteiger partial charge in [-0.15, -0.1) is 0 Å². The van der Waals surface area contributed by atoms with Crippen LogP contribution in [0.2, 0.25) is 0 Å². The van der Waals surface area contributed by atoms with Gasteiger partial charge in [-0.05, 0) is 37.2 Å². The molecule has 0 fully saturated rings. The zero-order valence-electron chi connectivity index (χ0n) is 11.2. The number of amides is 1. The molecule has 20 heavy (non-hydrogen) atoms. The van der Waals surface area contributed by atoms with Gasteiger partial charge in [0.15, 0.2) is 5.84 Å². The van der Waals surface area contributed by atoms with E-state index in [0.717, 1.165) is 13.0 Å². The summed E-state index contributed by atoms with van der Waals surface area (Å²) in [5.74, 6) is 0.486. The van der Waals surface area contributed by atoms with Crippen LogP contribution >= 0.6 is 0 Å². The number of ether oxygens (including phenoxy) is 1. The van der Waals surface area contributed by atoms with Crippen molar-refractivity contribution in [3.05, 3.63) is 29.8 Å². The summed E-state index contributed by atoms with van der Waals surface area (Å²) in [5.41, 5.74) is 11.1. The number of primary amides is 1. The van der Waals surface area contributed by atoms with Crippen molar-refractivity contribution in [1.29, 1.82) is 0 Å². The molecule has 7 heteroatoms. The number of nitrogens with two attached hydrogens (primary N) is 2. The van der Waals surface area contributed by atoms with Crippen LogP contribution in [0.15, 0.2) is 29.4 Å². The molecule has 7 nitrogen and oxygen atoms in total. The van der Waals surface area contributed by atoms with E-state index < -0.39 is 0 Å². The molecule has 0 unspecified atom stereocenters. The number of oxime groups is 1. The first kappa shape index (κ1) is 15.8. The second kappa shape index (κ2) is 8.76. The van der Waals surface area contributed by atoms with Gasteiger partial charge < -0.3 is 26.7 Å². The molecule has 6 N–H and O–H groups in total. The molecule has 0 aromatic heterocycles. The molecule has 0 bridgehead atoms. The number of hydrogen-bond donors (Lipinski definition) is 4. The first-order valence-electron chi connectivity index (χ1n) is 6.33. The average molecular weight is 280 g/mol. The Labute approximate surface area is 117 Å². The van der Waals surface area contributed by atoms with Crippen LogP contribution in [0, 0.1) is 0 Å². The van der Waals surface area contributed by atoms with Gasteiger partial charge in [0.1, 0.15) is 12.4 Å². The normalized spacial score (nSPS) is 11.3. The zero-order chi connectivity index (χ0) is 14.8. The summed E-state index contributed by atoms with van der Waals surface area (Å²) in [4.78, 5) is 10.5. The van der Waals surface area contributed by atoms with Crippen molar-refractivity contribution in [2.24, 2.45) is 16.6 Å². The van der Waals surface area contributed by atoms with Gasteiger partial charge in [-0.3, -0.25) is 4.79 Å². The van der Waals surface area contributed by atoms with E-state index in [1.165, 1.54) is 0 Å². The molecule has 1 amide bonds. The summed E-state index contributed by atoms with van der Waals surface area (Å²) in [6.07, 6.45) is 1.12. The molecular weight excluding hydrogens is 260 g/mol. The highest BCUT2D eigenvalue weighted by Crippen LogP contribution is 2.11. The van der Waals surface area contributed by atoms with Crippen LogP contribution < -0.4 is 21.5 Å². The molecule has 0 spiro atoms. The minimum atomic E-state index is -0.283.